The van der Waals surface area contributed by atoms with Crippen LogP contribution in [0, 0.1) is 35.5 Å². The van der Waals surface area contributed by atoms with Gasteiger partial charge in [0.25, 0.3) is 5.91 Å². The van der Waals surface area contributed by atoms with Crippen molar-refractivity contribution in [3.63, 3.8) is 0 Å². The van der Waals surface area contributed by atoms with Gasteiger partial charge in [-0.15, -0.1) is 0 Å². The average Bonchev–Trinajstić information content (AvgIpc) is 3.24. The molecule has 0 aromatic heterocycles. The molecule has 1 fully saturated rings. The summed E-state index contributed by atoms with van der Waals surface area (Å²) in [5.41, 5.74) is 1.51. The molecule has 1 saturated carbocycles. The van der Waals surface area contributed by atoms with Crippen LogP contribution in [-0.4, -0.2) is 11.0 Å². The third-order valence-electron chi connectivity index (χ3n) is 3.16. The van der Waals surface area contributed by atoms with Crippen molar-refractivity contribution in [2.45, 2.75) is 19.8 Å². The predicted molar refractivity (Wildman–Crippen MR) is 72.5 cm³/mol. The number of benzene rings is 1. The number of nitrogens with one attached hydrogen (secondary N) is 1. The molecular weight excluding hydrogens is 254 g/mol. The molecule has 0 bridgehead atoms. The molecule has 1 amide bonds. The number of nitrogens with zero attached hydrogens (tertiary/aromatic N) is 2. The molecule has 5 heteroatoms. The number of aliphatic hydroxyl groups excluding tert-OH is 1. The normalized spacial score (nSPS) is 14.8. The number of nitriles is 2. The first-order valence-corrected chi connectivity index (χ1v) is 6.22. The third kappa shape index (κ3) is 2.78. The summed E-state index contributed by atoms with van der Waals surface area (Å²) in [6.45, 7) is 1.76. The molecular formula is C15H13N3O2. The molecule has 2 N–H and O–H groups in total. The maximum absolute atomic E-state index is 12.0. The number of aryl methyl sites for hydroxylation is 1. The van der Waals surface area contributed by atoms with E-state index in [-0.39, 0.29) is 17.3 Å². The monoisotopic (exact) mass is 267 g/mol. The first kappa shape index (κ1) is 13.6. The largest absolute Gasteiger partial charge is 0.510 e. The molecule has 20 heavy (non-hydrogen) atoms. The number of anilines is 1. The highest BCUT2D eigenvalue weighted by Crippen LogP contribution is 2.36. The SMILES string of the molecule is Cc1cc(NC(=O)/C(C#N)=C(\O)C2CC2)ccc1C#N. The smallest absolute Gasteiger partial charge is 0.269 e. The van der Waals surface area contributed by atoms with E-state index in [0.29, 0.717) is 11.3 Å². The van der Waals surface area contributed by atoms with Crippen molar-refractivity contribution in [3.05, 3.63) is 40.7 Å². The molecule has 0 aliphatic heterocycles. The molecule has 1 aromatic rings. The van der Waals surface area contributed by atoms with Crippen LogP contribution < -0.4 is 5.32 Å². The van der Waals surface area contributed by atoms with Crippen LogP contribution in [-0.2, 0) is 4.79 Å². The molecule has 0 unspecified atom stereocenters. The Kier molecular flexibility index (Phi) is 3.72. The summed E-state index contributed by atoms with van der Waals surface area (Å²) in [4.78, 5) is 12.0. The number of allylic oxidation sites excluding steroid dienone is 1. The summed E-state index contributed by atoms with van der Waals surface area (Å²) in [6, 6.07) is 8.62. The van der Waals surface area contributed by atoms with Gasteiger partial charge in [-0.05, 0) is 43.5 Å². The fourth-order valence-corrected chi connectivity index (χ4v) is 1.85. The minimum atomic E-state index is -0.624. The molecule has 2 rings (SSSR count). The van der Waals surface area contributed by atoms with Crippen LogP contribution >= 0.6 is 0 Å². The summed E-state index contributed by atoms with van der Waals surface area (Å²) in [6.07, 6.45) is 1.61. The summed E-state index contributed by atoms with van der Waals surface area (Å²) in [5, 5.41) is 30.2. The minimum Gasteiger partial charge on any atom is -0.510 e. The number of amides is 1. The Morgan fingerprint density at radius 1 is 1.40 bits per heavy atom. The van der Waals surface area contributed by atoms with Gasteiger partial charge in [0.15, 0.2) is 5.57 Å². The predicted octanol–water partition coefficient (Wildman–Crippen LogP) is 2.55. The number of hydrogen-bond acceptors (Lipinski definition) is 4. The van der Waals surface area contributed by atoms with Crippen molar-refractivity contribution in [3.8, 4) is 12.1 Å². The summed E-state index contributed by atoms with van der Waals surface area (Å²) >= 11 is 0. The lowest BCUT2D eigenvalue weighted by Gasteiger charge is -2.07. The lowest BCUT2D eigenvalue weighted by Crippen LogP contribution is -2.16. The minimum absolute atomic E-state index is 0.0573. The quantitative estimate of drug-likeness (QED) is 0.499. The van der Waals surface area contributed by atoms with E-state index in [4.69, 9.17) is 10.5 Å². The highest BCUT2D eigenvalue weighted by atomic mass is 16.3. The standard InChI is InChI=1S/C15H13N3O2/c1-9-6-12(5-4-11(9)7-16)18-15(20)13(8-17)14(19)10-2-3-10/h4-6,10,19H,2-3H2,1H3,(H,18,20)/b14-13-. The van der Waals surface area contributed by atoms with Gasteiger partial charge in [0.05, 0.1) is 11.6 Å². The second-order valence-corrected chi connectivity index (χ2v) is 4.74. The Morgan fingerprint density at radius 3 is 2.60 bits per heavy atom. The van der Waals surface area contributed by atoms with Crippen LogP contribution in [0.15, 0.2) is 29.5 Å². The van der Waals surface area contributed by atoms with E-state index in [1.54, 1.807) is 31.2 Å². The molecule has 0 saturated heterocycles. The zero-order chi connectivity index (χ0) is 14.7. The van der Waals surface area contributed by atoms with Gasteiger partial charge in [-0.25, -0.2) is 0 Å². The van der Waals surface area contributed by atoms with E-state index >= 15 is 0 Å². The van der Waals surface area contributed by atoms with Crippen molar-refractivity contribution in [2.24, 2.45) is 5.92 Å². The summed E-state index contributed by atoms with van der Waals surface area (Å²) < 4.78 is 0. The lowest BCUT2D eigenvalue weighted by molar-refractivity contribution is -0.112. The number of aliphatic hydroxyl groups is 1. The van der Waals surface area contributed by atoms with Gasteiger partial charge in [-0.3, -0.25) is 4.79 Å². The number of rotatable bonds is 3. The molecule has 1 aliphatic rings. The Labute approximate surface area is 116 Å². The van der Waals surface area contributed by atoms with E-state index in [0.717, 1.165) is 18.4 Å². The molecule has 0 heterocycles. The molecule has 5 nitrogen and oxygen atoms in total. The number of carbonyl (C=O) groups is 1. The lowest BCUT2D eigenvalue weighted by atomic mass is 10.1. The topological polar surface area (TPSA) is 96.9 Å². The van der Waals surface area contributed by atoms with Crippen molar-refractivity contribution >= 4 is 11.6 Å². The maximum Gasteiger partial charge on any atom is 0.269 e. The maximum atomic E-state index is 12.0. The zero-order valence-corrected chi connectivity index (χ0v) is 11.0. The average molecular weight is 267 g/mol. The Balaban J connectivity index is 2.20. The van der Waals surface area contributed by atoms with Crippen LogP contribution in [0.4, 0.5) is 5.69 Å². The summed E-state index contributed by atoms with van der Waals surface area (Å²) in [5.74, 6) is -0.811. The van der Waals surface area contributed by atoms with Crippen LogP contribution in [0.2, 0.25) is 0 Å². The van der Waals surface area contributed by atoms with Gasteiger partial charge in [0.2, 0.25) is 0 Å². The van der Waals surface area contributed by atoms with Crippen LogP contribution in [0.1, 0.15) is 24.0 Å². The Hall–Kier alpha value is -2.79. The zero-order valence-electron chi connectivity index (χ0n) is 11.0. The van der Waals surface area contributed by atoms with Crippen LogP contribution in [0.3, 0.4) is 0 Å². The van der Waals surface area contributed by atoms with Gasteiger partial charge < -0.3 is 10.4 Å². The molecule has 0 atom stereocenters. The molecule has 0 radical (unpaired) electrons. The van der Waals surface area contributed by atoms with Crippen LogP contribution in [0.5, 0.6) is 0 Å². The third-order valence-corrected chi connectivity index (χ3v) is 3.16. The van der Waals surface area contributed by atoms with Gasteiger partial charge in [0, 0.05) is 11.6 Å². The van der Waals surface area contributed by atoms with Crippen molar-refractivity contribution < 1.29 is 9.90 Å². The Morgan fingerprint density at radius 2 is 2.10 bits per heavy atom. The molecule has 1 aromatic carbocycles. The van der Waals surface area contributed by atoms with Gasteiger partial charge in [-0.2, -0.15) is 10.5 Å². The van der Waals surface area contributed by atoms with E-state index in [2.05, 4.69) is 5.32 Å². The number of hydrogen-bond donors (Lipinski definition) is 2. The van der Waals surface area contributed by atoms with Gasteiger partial charge in [-0.1, -0.05) is 0 Å². The van der Waals surface area contributed by atoms with E-state index in [9.17, 15) is 9.90 Å². The second kappa shape index (κ2) is 5.46. The molecule has 100 valence electrons. The van der Waals surface area contributed by atoms with Crippen molar-refractivity contribution in [1.82, 2.24) is 0 Å². The number of carbonyl (C=O) groups excluding carboxylic acids is 1. The fourth-order valence-electron chi connectivity index (χ4n) is 1.85. The molecule has 1 aliphatic carbocycles. The van der Waals surface area contributed by atoms with Gasteiger partial charge in [0.1, 0.15) is 11.8 Å². The van der Waals surface area contributed by atoms with Crippen molar-refractivity contribution in [2.75, 3.05) is 5.32 Å². The highest BCUT2D eigenvalue weighted by molar-refractivity contribution is 6.07. The second-order valence-electron chi connectivity index (χ2n) is 4.74. The fraction of sp³-hybridized carbons (Fsp3) is 0.267. The van der Waals surface area contributed by atoms with E-state index in [1.165, 1.54) is 0 Å². The summed E-state index contributed by atoms with van der Waals surface area (Å²) in [7, 11) is 0. The van der Waals surface area contributed by atoms with E-state index < -0.39 is 5.91 Å². The molecule has 0 spiro atoms. The van der Waals surface area contributed by atoms with Crippen LogP contribution in [0.25, 0.3) is 0 Å². The first-order valence-electron chi connectivity index (χ1n) is 6.22. The van der Waals surface area contributed by atoms with E-state index in [1.807, 2.05) is 6.07 Å². The highest BCUT2D eigenvalue weighted by Gasteiger charge is 2.30. The van der Waals surface area contributed by atoms with Gasteiger partial charge >= 0.3 is 0 Å². The van der Waals surface area contributed by atoms with Crippen molar-refractivity contribution in [1.29, 1.82) is 10.5 Å². The Bertz CT molecular complexity index is 673. The first-order chi connectivity index (χ1) is 9.56.